The first kappa shape index (κ1) is 14.9. The second kappa shape index (κ2) is 6.29. The van der Waals surface area contributed by atoms with Gasteiger partial charge >= 0.3 is 0 Å². The van der Waals surface area contributed by atoms with Crippen LogP contribution in [-0.4, -0.2) is 14.2 Å². The molecule has 1 N–H and O–H groups in total. The van der Waals surface area contributed by atoms with Gasteiger partial charge in [0.05, 0.1) is 13.2 Å². The molecule has 0 saturated heterocycles. The van der Waals surface area contributed by atoms with Crippen LogP contribution in [0.15, 0.2) is 36.4 Å². The van der Waals surface area contributed by atoms with Crippen molar-refractivity contribution in [2.45, 2.75) is 19.9 Å². The monoisotopic (exact) mass is 289 g/mol. The Kier molecular flexibility index (Phi) is 4.69. The van der Waals surface area contributed by atoms with E-state index in [0.717, 1.165) is 21.9 Å². The third-order valence-corrected chi connectivity index (χ3v) is 3.66. The van der Waals surface area contributed by atoms with E-state index in [1.165, 1.54) is 11.1 Å². The number of ether oxygens (including phenoxy) is 1. The zero-order valence-electron chi connectivity index (χ0n) is 12.3. The Morgan fingerprint density at radius 3 is 2.35 bits per heavy atom. The minimum Gasteiger partial charge on any atom is -0.496 e. The second-order valence-electron chi connectivity index (χ2n) is 5.01. The van der Waals surface area contributed by atoms with E-state index < -0.39 is 0 Å². The predicted molar refractivity (Wildman–Crippen MR) is 84.8 cm³/mol. The van der Waals surface area contributed by atoms with Crippen molar-refractivity contribution in [3.8, 4) is 5.75 Å². The summed E-state index contributed by atoms with van der Waals surface area (Å²) in [7, 11) is 3.65. The summed E-state index contributed by atoms with van der Waals surface area (Å²) in [4.78, 5) is 0. The average molecular weight is 290 g/mol. The highest BCUT2D eigenvalue weighted by Crippen LogP contribution is 2.28. The predicted octanol–water partition coefficient (Wildman–Crippen LogP) is 4.27. The van der Waals surface area contributed by atoms with Crippen LogP contribution in [0.3, 0.4) is 0 Å². The number of aryl methyl sites for hydroxylation is 2. The fraction of sp³-hybridized carbons (Fsp3) is 0.294. The Balaban J connectivity index is 2.44. The van der Waals surface area contributed by atoms with E-state index in [-0.39, 0.29) is 6.04 Å². The molecule has 106 valence electrons. The molecule has 2 nitrogen and oxygen atoms in total. The van der Waals surface area contributed by atoms with Gasteiger partial charge in [-0.2, -0.15) is 0 Å². The Labute approximate surface area is 125 Å². The summed E-state index contributed by atoms with van der Waals surface area (Å²) in [6, 6.07) is 12.5. The lowest BCUT2D eigenvalue weighted by molar-refractivity contribution is 0.411. The van der Waals surface area contributed by atoms with Crippen LogP contribution in [0.1, 0.15) is 28.3 Å². The molecule has 0 radical (unpaired) electrons. The molecule has 2 aromatic carbocycles. The lowest BCUT2D eigenvalue weighted by Gasteiger charge is -2.19. The zero-order chi connectivity index (χ0) is 14.7. The van der Waals surface area contributed by atoms with Crippen molar-refractivity contribution >= 4 is 11.6 Å². The van der Waals surface area contributed by atoms with Crippen molar-refractivity contribution < 1.29 is 4.74 Å². The molecule has 2 aromatic rings. The van der Waals surface area contributed by atoms with Crippen LogP contribution >= 0.6 is 11.6 Å². The minimum atomic E-state index is 0.122. The van der Waals surface area contributed by atoms with E-state index in [9.17, 15) is 0 Å². The van der Waals surface area contributed by atoms with E-state index in [0.29, 0.717) is 0 Å². The molecule has 0 aliphatic rings. The van der Waals surface area contributed by atoms with E-state index in [2.05, 4.69) is 37.4 Å². The maximum absolute atomic E-state index is 6.17. The number of nitrogens with one attached hydrogen (secondary N) is 1. The van der Waals surface area contributed by atoms with Gasteiger partial charge in [-0.25, -0.2) is 0 Å². The quantitative estimate of drug-likeness (QED) is 0.907. The first-order valence-electron chi connectivity index (χ1n) is 6.64. The Morgan fingerprint density at radius 2 is 1.80 bits per heavy atom. The molecule has 0 saturated carbocycles. The van der Waals surface area contributed by atoms with Gasteiger partial charge in [-0.05, 0) is 61.3 Å². The van der Waals surface area contributed by atoms with Gasteiger partial charge in [-0.15, -0.1) is 0 Å². The summed E-state index contributed by atoms with van der Waals surface area (Å²) in [6.45, 7) is 4.11. The molecule has 2 rings (SSSR count). The molecule has 0 amide bonds. The number of hydrogen-bond donors (Lipinski definition) is 1. The molecule has 0 aliphatic heterocycles. The largest absolute Gasteiger partial charge is 0.496 e. The van der Waals surface area contributed by atoms with Crippen LogP contribution < -0.4 is 10.1 Å². The molecule has 0 fully saturated rings. The molecular weight excluding hydrogens is 270 g/mol. The summed E-state index contributed by atoms with van der Waals surface area (Å²) in [5, 5.41) is 4.12. The van der Waals surface area contributed by atoms with Crippen LogP contribution in [0.4, 0.5) is 0 Å². The molecule has 1 atom stereocenters. The van der Waals surface area contributed by atoms with E-state index in [4.69, 9.17) is 16.3 Å². The normalized spacial score (nSPS) is 12.2. The Bertz CT molecular complexity index is 590. The van der Waals surface area contributed by atoms with Crippen LogP contribution in [-0.2, 0) is 0 Å². The van der Waals surface area contributed by atoms with Gasteiger partial charge in [0.2, 0.25) is 0 Å². The molecule has 0 spiro atoms. The van der Waals surface area contributed by atoms with Gasteiger partial charge in [-0.3, -0.25) is 0 Å². The molecular formula is C17H20ClNO. The molecule has 0 aromatic heterocycles. The lowest BCUT2D eigenvalue weighted by Crippen LogP contribution is -2.18. The second-order valence-corrected chi connectivity index (χ2v) is 5.45. The fourth-order valence-electron chi connectivity index (χ4n) is 2.54. The molecule has 20 heavy (non-hydrogen) atoms. The third kappa shape index (κ3) is 3.14. The van der Waals surface area contributed by atoms with Crippen LogP contribution in [0.2, 0.25) is 5.02 Å². The van der Waals surface area contributed by atoms with Gasteiger partial charge in [0, 0.05) is 5.02 Å². The number of hydrogen-bond acceptors (Lipinski definition) is 2. The maximum atomic E-state index is 6.17. The molecule has 0 heterocycles. The molecule has 3 heteroatoms. The fourth-order valence-corrected chi connectivity index (χ4v) is 2.84. The topological polar surface area (TPSA) is 21.3 Å². The van der Waals surface area contributed by atoms with Crippen LogP contribution in [0, 0.1) is 13.8 Å². The Hall–Kier alpha value is -1.51. The highest BCUT2D eigenvalue weighted by molar-refractivity contribution is 6.30. The Morgan fingerprint density at radius 1 is 1.05 bits per heavy atom. The van der Waals surface area contributed by atoms with Crippen LogP contribution in [0.5, 0.6) is 5.75 Å². The van der Waals surface area contributed by atoms with E-state index in [1.807, 2.05) is 25.2 Å². The maximum Gasteiger partial charge on any atom is 0.121 e. The van der Waals surface area contributed by atoms with Crippen molar-refractivity contribution in [1.29, 1.82) is 0 Å². The highest BCUT2D eigenvalue weighted by Gasteiger charge is 2.14. The molecule has 0 bridgehead atoms. The SMILES string of the molecule is CNC(c1cc(C)cc(Cl)c1)c1ccc(OC)c(C)c1. The lowest BCUT2D eigenvalue weighted by atomic mass is 9.96. The number of benzene rings is 2. The van der Waals surface area contributed by atoms with E-state index >= 15 is 0 Å². The number of methoxy groups -OCH3 is 1. The zero-order valence-corrected chi connectivity index (χ0v) is 13.1. The first-order chi connectivity index (χ1) is 9.55. The minimum absolute atomic E-state index is 0.122. The summed E-state index contributed by atoms with van der Waals surface area (Å²) in [6.07, 6.45) is 0. The van der Waals surface area contributed by atoms with Gasteiger partial charge in [-0.1, -0.05) is 29.8 Å². The van der Waals surface area contributed by atoms with Gasteiger partial charge in [0.1, 0.15) is 5.75 Å². The summed E-state index contributed by atoms with van der Waals surface area (Å²) < 4.78 is 5.32. The molecule has 1 unspecified atom stereocenters. The van der Waals surface area contributed by atoms with Crippen molar-refractivity contribution in [1.82, 2.24) is 5.32 Å². The standard InChI is InChI=1S/C17H20ClNO/c1-11-7-14(10-15(18)8-11)17(19-3)13-5-6-16(20-4)12(2)9-13/h5-10,17,19H,1-4H3. The number of halogens is 1. The van der Waals surface area contributed by atoms with Crippen molar-refractivity contribution in [3.63, 3.8) is 0 Å². The molecule has 0 aliphatic carbocycles. The third-order valence-electron chi connectivity index (χ3n) is 3.44. The first-order valence-corrected chi connectivity index (χ1v) is 7.02. The van der Waals surface area contributed by atoms with Crippen molar-refractivity contribution in [3.05, 3.63) is 63.7 Å². The van der Waals surface area contributed by atoms with E-state index in [1.54, 1.807) is 7.11 Å². The van der Waals surface area contributed by atoms with Crippen LogP contribution in [0.25, 0.3) is 0 Å². The van der Waals surface area contributed by atoms with Gasteiger partial charge < -0.3 is 10.1 Å². The summed E-state index contributed by atoms with van der Waals surface area (Å²) in [5.74, 6) is 0.908. The van der Waals surface area contributed by atoms with Gasteiger partial charge in [0.25, 0.3) is 0 Å². The number of rotatable bonds is 4. The highest BCUT2D eigenvalue weighted by atomic mass is 35.5. The summed E-state index contributed by atoms with van der Waals surface area (Å²) >= 11 is 6.17. The van der Waals surface area contributed by atoms with Crippen molar-refractivity contribution in [2.24, 2.45) is 0 Å². The van der Waals surface area contributed by atoms with Crippen molar-refractivity contribution in [2.75, 3.05) is 14.2 Å². The summed E-state index contributed by atoms with van der Waals surface area (Å²) in [5.41, 5.74) is 4.66. The smallest absolute Gasteiger partial charge is 0.121 e. The van der Waals surface area contributed by atoms with Gasteiger partial charge in [0.15, 0.2) is 0 Å². The average Bonchev–Trinajstić information content (AvgIpc) is 2.38.